The lowest BCUT2D eigenvalue weighted by Gasteiger charge is -2.19. The standard InChI is InChI=1S/C12H10ClN3O/c13-7-1-2-10-9(3-7)12(11(17)16-10)4-8(5-14)15-6-12/h1-3,8,15H,4,6H2,(H,16,17)/t8?,12-/m0/s1. The molecule has 1 aromatic rings. The van der Waals surface area contributed by atoms with E-state index in [0.29, 0.717) is 18.0 Å². The molecule has 0 bridgehead atoms. The molecule has 1 amide bonds. The molecule has 0 saturated carbocycles. The van der Waals surface area contributed by atoms with E-state index in [1.165, 1.54) is 0 Å². The van der Waals surface area contributed by atoms with Crippen molar-refractivity contribution in [3.63, 3.8) is 0 Å². The van der Waals surface area contributed by atoms with Crippen LogP contribution in [0.15, 0.2) is 18.2 Å². The van der Waals surface area contributed by atoms with Crippen molar-refractivity contribution in [2.45, 2.75) is 17.9 Å². The van der Waals surface area contributed by atoms with Crippen LogP contribution in [-0.2, 0) is 10.2 Å². The highest BCUT2D eigenvalue weighted by atomic mass is 35.5. The maximum Gasteiger partial charge on any atom is 0.236 e. The van der Waals surface area contributed by atoms with Crippen molar-refractivity contribution >= 4 is 23.2 Å². The summed E-state index contributed by atoms with van der Waals surface area (Å²) in [5, 5.41) is 15.5. The summed E-state index contributed by atoms with van der Waals surface area (Å²) < 4.78 is 0. The van der Waals surface area contributed by atoms with Gasteiger partial charge in [0.15, 0.2) is 0 Å². The first-order valence-corrected chi connectivity index (χ1v) is 5.78. The molecule has 1 aromatic carbocycles. The maximum atomic E-state index is 12.1. The van der Waals surface area contributed by atoms with E-state index in [1.807, 2.05) is 12.1 Å². The molecule has 2 atom stereocenters. The molecule has 0 radical (unpaired) electrons. The third kappa shape index (κ3) is 1.36. The number of hydrogen-bond acceptors (Lipinski definition) is 3. The number of rotatable bonds is 0. The van der Waals surface area contributed by atoms with Crippen LogP contribution in [0.25, 0.3) is 0 Å². The second-order valence-corrected chi connectivity index (χ2v) is 4.93. The Hall–Kier alpha value is -1.57. The van der Waals surface area contributed by atoms with Gasteiger partial charge in [-0.25, -0.2) is 0 Å². The first-order chi connectivity index (χ1) is 8.15. The molecule has 5 heteroatoms. The third-order valence-corrected chi connectivity index (χ3v) is 3.77. The summed E-state index contributed by atoms with van der Waals surface area (Å²) >= 11 is 5.98. The fourth-order valence-corrected chi connectivity index (χ4v) is 2.82. The topological polar surface area (TPSA) is 64.9 Å². The summed E-state index contributed by atoms with van der Waals surface area (Å²) in [7, 11) is 0. The van der Waals surface area contributed by atoms with Gasteiger partial charge >= 0.3 is 0 Å². The van der Waals surface area contributed by atoms with E-state index in [9.17, 15) is 4.79 Å². The van der Waals surface area contributed by atoms with E-state index in [2.05, 4.69) is 16.7 Å². The Kier molecular flexibility index (Phi) is 2.15. The normalized spacial score (nSPS) is 30.1. The van der Waals surface area contributed by atoms with Crippen LogP contribution in [0.1, 0.15) is 12.0 Å². The average molecular weight is 248 g/mol. The molecule has 4 nitrogen and oxygen atoms in total. The lowest BCUT2D eigenvalue weighted by Crippen LogP contribution is -2.36. The van der Waals surface area contributed by atoms with Crippen molar-refractivity contribution in [1.29, 1.82) is 5.26 Å². The fraction of sp³-hybridized carbons (Fsp3) is 0.333. The number of hydrogen-bond donors (Lipinski definition) is 2. The zero-order chi connectivity index (χ0) is 12.0. The molecular weight excluding hydrogens is 238 g/mol. The minimum absolute atomic E-state index is 0.0417. The van der Waals surface area contributed by atoms with Crippen LogP contribution < -0.4 is 10.6 Å². The van der Waals surface area contributed by atoms with E-state index in [4.69, 9.17) is 16.9 Å². The van der Waals surface area contributed by atoms with E-state index >= 15 is 0 Å². The molecule has 2 aliphatic rings. The Balaban J connectivity index is 2.11. The number of benzene rings is 1. The predicted octanol–water partition coefficient (Wildman–Crippen LogP) is 1.42. The predicted molar refractivity (Wildman–Crippen MR) is 63.8 cm³/mol. The summed E-state index contributed by atoms with van der Waals surface area (Å²) in [4.78, 5) is 12.1. The van der Waals surface area contributed by atoms with Crippen molar-refractivity contribution in [3.05, 3.63) is 28.8 Å². The van der Waals surface area contributed by atoms with Gasteiger partial charge in [-0.1, -0.05) is 11.6 Å². The number of fused-ring (bicyclic) bond motifs is 2. The van der Waals surface area contributed by atoms with Gasteiger partial charge in [0.05, 0.1) is 17.5 Å². The highest BCUT2D eigenvalue weighted by Gasteiger charge is 2.51. The maximum absolute atomic E-state index is 12.1. The van der Waals surface area contributed by atoms with Crippen molar-refractivity contribution in [2.75, 3.05) is 11.9 Å². The van der Waals surface area contributed by atoms with E-state index < -0.39 is 5.41 Å². The van der Waals surface area contributed by atoms with Crippen molar-refractivity contribution in [3.8, 4) is 6.07 Å². The smallest absolute Gasteiger partial charge is 0.236 e. The summed E-state index contributed by atoms with van der Waals surface area (Å²) in [5.74, 6) is -0.0417. The molecule has 1 unspecified atom stereocenters. The molecule has 2 aliphatic heterocycles. The number of nitrogens with zero attached hydrogens (tertiary/aromatic N) is 1. The zero-order valence-corrected chi connectivity index (χ0v) is 9.71. The van der Waals surface area contributed by atoms with Crippen LogP contribution in [0.5, 0.6) is 0 Å². The molecule has 1 fully saturated rings. The molecule has 1 spiro atoms. The highest BCUT2D eigenvalue weighted by molar-refractivity contribution is 6.31. The largest absolute Gasteiger partial charge is 0.325 e. The first kappa shape index (κ1) is 10.6. The Bertz CT molecular complexity index is 551. The van der Waals surface area contributed by atoms with Gasteiger partial charge in [0.1, 0.15) is 0 Å². The number of halogens is 1. The van der Waals surface area contributed by atoms with Gasteiger partial charge in [0, 0.05) is 17.3 Å². The second-order valence-electron chi connectivity index (χ2n) is 4.49. The number of nitrogens with one attached hydrogen (secondary N) is 2. The van der Waals surface area contributed by atoms with Gasteiger partial charge in [-0.05, 0) is 30.2 Å². The number of carbonyl (C=O) groups excluding carboxylic acids is 1. The van der Waals surface area contributed by atoms with E-state index in [-0.39, 0.29) is 11.9 Å². The van der Waals surface area contributed by atoms with Gasteiger partial charge in [0.25, 0.3) is 0 Å². The Morgan fingerprint density at radius 3 is 3.06 bits per heavy atom. The van der Waals surface area contributed by atoms with Crippen molar-refractivity contribution in [2.24, 2.45) is 0 Å². The summed E-state index contributed by atoms with van der Waals surface area (Å²) in [6.07, 6.45) is 0.503. The summed E-state index contributed by atoms with van der Waals surface area (Å²) in [6.45, 7) is 0.490. The van der Waals surface area contributed by atoms with Gasteiger partial charge in [-0.3, -0.25) is 4.79 Å². The lowest BCUT2D eigenvalue weighted by molar-refractivity contribution is -0.120. The van der Waals surface area contributed by atoms with Gasteiger partial charge < -0.3 is 10.6 Å². The SMILES string of the molecule is N#CC1C[C@@]2(CN1)C(=O)Nc1ccc(Cl)cc12. The quantitative estimate of drug-likeness (QED) is 0.729. The molecule has 17 heavy (non-hydrogen) atoms. The highest BCUT2D eigenvalue weighted by Crippen LogP contribution is 2.44. The lowest BCUT2D eigenvalue weighted by atomic mass is 9.80. The summed E-state index contributed by atoms with van der Waals surface area (Å²) in [6, 6.07) is 7.26. The van der Waals surface area contributed by atoms with Gasteiger partial charge in [-0.2, -0.15) is 5.26 Å². The monoisotopic (exact) mass is 247 g/mol. The fourth-order valence-electron chi connectivity index (χ4n) is 2.65. The molecule has 0 aromatic heterocycles. The first-order valence-electron chi connectivity index (χ1n) is 5.40. The second kappa shape index (κ2) is 3.46. The molecule has 2 heterocycles. The average Bonchev–Trinajstić information content (AvgIpc) is 2.86. The molecule has 3 rings (SSSR count). The minimum atomic E-state index is -0.624. The molecule has 1 saturated heterocycles. The molecule has 2 N–H and O–H groups in total. The molecular formula is C12H10ClN3O. The number of carbonyl (C=O) groups is 1. The van der Waals surface area contributed by atoms with Crippen LogP contribution in [0.3, 0.4) is 0 Å². The Morgan fingerprint density at radius 2 is 2.35 bits per heavy atom. The van der Waals surface area contributed by atoms with Crippen LogP contribution in [0.4, 0.5) is 5.69 Å². The van der Waals surface area contributed by atoms with Gasteiger partial charge in [0.2, 0.25) is 5.91 Å². The number of amides is 1. The van der Waals surface area contributed by atoms with E-state index in [1.54, 1.807) is 6.07 Å². The third-order valence-electron chi connectivity index (χ3n) is 3.54. The minimum Gasteiger partial charge on any atom is -0.325 e. The van der Waals surface area contributed by atoms with E-state index in [0.717, 1.165) is 11.3 Å². The van der Waals surface area contributed by atoms with Crippen LogP contribution in [0.2, 0.25) is 5.02 Å². The zero-order valence-electron chi connectivity index (χ0n) is 8.96. The van der Waals surface area contributed by atoms with Crippen LogP contribution in [0, 0.1) is 11.3 Å². The van der Waals surface area contributed by atoms with Crippen LogP contribution in [-0.4, -0.2) is 18.5 Å². The van der Waals surface area contributed by atoms with Crippen molar-refractivity contribution in [1.82, 2.24) is 5.32 Å². The van der Waals surface area contributed by atoms with Crippen molar-refractivity contribution < 1.29 is 4.79 Å². The Labute approximate surface area is 104 Å². The number of anilines is 1. The summed E-state index contributed by atoms with van der Waals surface area (Å²) in [5.41, 5.74) is 1.08. The molecule has 0 aliphatic carbocycles. The Morgan fingerprint density at radius 1 is 1.53 bits per heavy atom. The van der Waals surface area contributed by atoms with Gasteiger partial charge in [-0.15, -0.1) is 0 Å². The molecule has 86 valence electrons. The van der Waals surface area contributed by atoms with Crippen LogP contribution >= 0.6 is 11.6 Å². The number of nitriles is 1.